The number of methoxy groups -OCH3 is 1. The minimum atomic E-state index is 0.503. The first-order valence-electron chi connectivity index (χ1n) is 6.87. The summed E-state index contributed by atoms with van der Waals surface area (Å²) >= 11 is 3.47. The van der Waals surface area contributed by atoms with Gasteiger partial charge in [-0.2, -0.15) is 0 Å². The molecule has 0 aliphatic heterocycles. The van der Waals surface area contributed by atoms with Gasteiger partial charge in [-0.25, -0.2) is 9.97 Å². The fourth-order valence-corrected chi connectivity index (χ4v) is 2.46. The Morgan fingerprint density at radius 2 is 1.95 bits per heavy atom. The summed E-state index contributed by atoms with van der Waals surface area (Å²) in [4.78, 5) is 9.12. The van der Waals surface area contributed by atoms with Crippen LogP contribution < -0.4 is 15.4 Å². The van der Waals surface area contributed by atoms with E-state index < -0.39 is 0 Å². The van der Waals surface area contributed by atoms with Gasteiger partial charge in [-0.1, -0.05) is 15.9 Å². The molecule has 0 atom stereocenters. The van der Waals surface area contributed by atoms with E-state index in [1.165, 1.54) is 12.8 Å². The molecule has 1 aromatic heterocycles. The molecular weight excluding hydrogens is 332 g/mol. The summed E-state index contributed by atoms with van der Waals surface area (Å²) in [5.74, 6) is 3.77. The summed E-state index contributed by atoms with van der Waals surface area (Å²) in [7, 11) is 3.52. The molecule has 2 N–H and O–H groups in total. The first kappa shape index (κ1) is 14.1. The Balaban J connectivity index is 1.93. The zero-order chi connectivity index (χ0) is 14.8. The molecular formula is C15H17BrN4O. The molecule has 3 rings (SSSR count). The summed E-state index contributed by atoms with van der Waals surface area (Å²) < 4.78 is 6.36. The second-order valence-electron chi connectivity index (χ2n) is 4.99. The summed E-state index contributed by atoms with van der Waals surface area (Å²) in [5, 5.41) is 6.40. The first-order valence-corrected chi connectivity index (χ1v) is 7.66. The minimum Gasteiger partial charge on any atom is -0.495 e. The molecule has 0 unspecified atom stereocenters. The fraction of sp³-hybridized carbons (Fsp3) is 0.333. The van der Waals surface area contributed by atoms with Crippen LogP contribution in [0.4, 0.5) is 17.3 Å². The van der Waals surface area contributed by atoms with Crippen molar-refractivity contribution in [3.8, 4) is 5.75 Å². The molecule has 5 nitrogen and oxygen atoms in total. The normalized spacial score (nSPS) is 13.9. The number of nitrogens with one attached hydrogen (secondary N) is 2. The maximum Gasteiger partial charge on any atom is 0.142 e. The molecule has 1 saturated carbocycles. The third-order valence-corrected chi connectivity index (χ3v) is 3.86. The molecule has 0 saturated heterocycles. The third kappa shape index (κ3) is 3.26. The Morgan fingerprint density at radius 1 is 1.19 bits per heavy atom. The van der Waals surface area contributed by atoms with Crippen molar-refractivity contribution < 1.29 is 4.74 Å². The third-order valence-electron chi connectivity index (χ3n) is 3.37. The van der Waals surface area contributed by atoms with Crippen molar-refractivity contribution in [2.45, 2.75) is 18.8 Å². The molecule has 0 spiro atoms. The lowest BCUT2D eigenvalue weighted by atomic mass is 10.3. The molecule has 0 radical (unpaired) electrons. The van der Waals surface area contributed by atoms with Crippen molar-refractivity contribution in [3.63, 3.8) is 0 Å². The number of anilines is 3. The van der Waals surface area contributed by atoms with E-state index in [0.717, 1.165) is 33.4 Å². The molecule has 1 aliphatic rings. The number of hydrogen-bond acceptors (Lipinski definition) is 5. The highest BCUT2D eigenvalue weighted by molar-refractivity contribution is 9.10. The smallest absolute Gasteiger partial charge is 0.142 e. The lowest BCUT2D eigenvalue weighted by Crippen LogP contribution is -2.03. The summed E-state index contributed by atoms with van der Waals surface area (Å²) in [6, 6.07) is 7.72. The van der Waals surface area contributed by atoms with Crippen LogP contribution in [-0.4, -0.2) is 24.1 Å². The standard InChI is InChI=1S/C15H17BrN4O/c1-17-13-8-14(20-15(19-13)9-3-4-9)18-11-7-10(16)5-6-12(11)21-2/h5-9H,3-4H2,1-2H3,(H2,17,18,19,20). The van der Waals surface area contributed by atoms with Crippen LogP contribution in [0.2, 0.25) is 0 Å². The molecule has 2 aromatic rings. The largest absolute Gasteiger partial charge is 0.495 e. The molecule has 1 aromatic carbocycles. The number of rotatable bonds is 5. The number of hydrogen-bond donors (Lipinski definition) is 2. The number of aromatic nitrogens is 2. The Morgan fingerprint density at radius 3 is 2.62 bits per heavy atom. The SMILES string of the molecule is CNc1cc(Nc2cc(Br)ccc2OC)nc(C2CC2)n1. The van der Waals surface area contributed by atoms with Crippen molar-refractivity contribution in [1.82, 2.24) is 9.97 Å². The Hall–Kier alpha value is -1.82. The van der Waals surface area contributed by atoms with Crippen LogP contribution in [-0.2, 0) is 0 Å². The van der Waals surface area contributed by atoms with E-state index in [-0.39, 0.29) is 0 Å². The van der Waals surface area contributed by atoms with Crippen LogP contribution in [0.15, 0.2) is 28.7 Å². The highest BCUT2D eigenvalue weighted by atomic mass is 79.9. The van der Waals surface area contributed by atoms with Crippen molar-refractivity contribution in [2.75, 3.05) is 24.8 Å². The average molecular weight is 349 g/mol. The van der Waals surface area contributed by atoms with Gasteiger partial charge >= 0.3 is 0 Å². The highest BCUT2D eigenvalue weighted by Gasteiger charge is 2.27. The second kappa shape index (κ2) is 5.89. The van der Waals surface area contributed by atoms with Crippen LogP contribution in [0.5, 0.6) is 5.75 Å². The molecule has 1 fully saturated rings. The van der Waals surface area contributed by atoms with Crippen LogP contribution in [0.3, 0.4) is 0 Å². The van der Waals surface area contributed by atoms with Crippen molar-refractivity contribution in [1.29, 1.82) is 0 Å². The summed E-state index contributed by atoms with van der Waals surface area (Å²) in [5.41, 5.74) is 0.870. The van der Waals surface area contributed by atoms with Crippen molar-refractivity contribution >= 4 is 33.3 Å². The minimum absolute atomic E-state index is 0.503. The summed E-state index contributed by atoms with van der Waals surface area (Å²) in [6.07, 6.45) is 2.35. The monoisotopic (exact) mass is 348 g/mol. The van der Waals surface area contributed by atoms with E-state index in [2.05, 4.69) is 36.5 Å². The quantitative estimate of drug-likeness (QED) is 0.857. The molecule has 6 heteroatoms. The molecule has 110 valence electrons. The maximum atomic E-state index is 5.38. The van der Waals surface area contributed by atoms with Gasteiger partial charge in [0.1, 0.15) is 23.2 Å². The topological polar surface area (TPSA) is 59.1 Å². The number of benzene rings is 1. The van der Waals surface area contributed by atoms with Gasteiger partial charge in [0, 0.05) is 23.5 Å². The lowest BCUT2D eigenvalue weighted by molar-refractivity contribution is 0.416. The van der Waals surface area contributed by atoms with Crippen LogP contribution in [0.25, 0.3) is 0 Å². The van der Waals surface area contributed by atoms with Gasteiger partial charge in [-0.15, -0.1) is 0 Å². The maximum absolute atomic E-state index is 5.38. The highest BCUT2D eigenvalue weighted by Crippen LogP contribution is 2.39. The zero-order valence-corrected chi connectivity index (χ0v) is 13.6. The van der Waals surface area contributed by atoms with Gasteiger partial charge in [0.05, 0.1) is 12.8 Å². The second-order valence-corrected chi connectivity index (χ2v) is 5.91. The number of nitrogens with zero attached hydrogens (tertiary/aromatic N) is 2. The van der Waals surface area contributed by atoms with E-state index in [1.807, 2.05) is 31.3 Å². The van der Waals surface area contributed by atoms with Gasteiger partial charge in [0.25, 0.3) is 0 Å². The number of halogens is 1. The van der Waals surface area contributed by atoms with Crippen molar-refractivity contribution in [2.24, 2.45) is 0 Å². The van der Waals surface area contributed by atoms with Gasteiger partial charge in [0.2, 0.25) is 0 Å². The number of ether oxygens (including phenoxy) is 1. The van der Waals surface area contributed by atoms with E-state index in [9.17, 15) is 0 Å². The lowest BCUT2D eigenvalue weighted by Gasteiger charge is -2.13. The Bertz CT molecular complexity index is 658. The molecule has 0 bridgehead atoms. The fourth-order valence-electron chi connectivity index (χ4n) is 2.10. The molecule has 21 heavy (non-hydrogen) atoms. The predicted octanol–water partition coefficient (Wildman–Crippen LogP) is 3.91. The van der Waals surface area contributed by atoms with E-state index in [4.69, 9.17) is 4.74 Å². The van der Waals surface area contributed by atoms with Gasteiger partial charge in [-0.3, -0.25) is 0 Å². The summed E-state index contributed by atoms with van der Waals surface area (Å²) in [6.45, 7) is 0. The zero-order valence-electron chi connectivity index (χ0n) is 12.0. The van der Waals surface area contributed by atoms with Crippen molar-refractivity contribution in [3.05, 3.63) is 34.6 Å². The molecule has 0 amide bonds. The van der Waals surface area contributed by atoms with Crippen LogP contribution in [0, 0.1) is 0 Å². The Labute approximate surface area is 132 Å². The van der Waals surface area contributed by atoms with E-state index in [1.54, 1.807) is 7.11 Å². The van der Waals surface area contributed by atoms with E-state index >= 15 is 0 Å². The van der Waals surface area contributed by atoms with E-state index in [0.29, 0.717) is 5.92 Å². The van der Waals surface area contributed by atoms with Gasteiger partial charge in [-0.05, 0) is 31.0 Å². The molecule has 1 heterocycles. The molecule has 1 aliphatic carbocycles. The van der Waals surface area contributed by atoms with Gasteiger partial charge < -0.3 is 15.4 Å². The van der Waals surface area contributed by atoms with Gasteiger partial charge in [0.15, 0.2) is 0 Å². The van der Waals surface area contributed by atoms with Crippen LogP contribution >= 0.6 is 15.9 Å². The average Bonchev–Trinajstić information content (AvgIpc) is 3.32. The first-order chi connectivity index (χ1) is 10.2. The Kier molecular flexibility index (Phi) is 3.96. The van der Waals surface area contributed by atoms with Crippen LogP contribution in [0.1, 0.15) is 24.6 Å². The predicted molar refractivity (Wildman–Crippen MR) is 87.5 cm³/mol.